The van der Waals surface area contributed by atoms with Crippen molar-refractivity contribution in [2.24, 2.45) is 0 Å². The molecule has 0 spiro atoms. The van der Waals surface area contributed by atoms with Gasteiger partial charge in [-0.2, -0.15) is 0 Å². The van der Waals surface area contributed by atoms with Gasteiger partial charge < -0.3 is 29.4 Å². The minimum Gasteiger partial charge on any atom is -0.494 e. The van der Waals surface area contributed by atoms with Crippen molar-refractivity contribution in [3.8, 4) is 17.2 Å². The molecule has 0 unspecified atom stereocenters. The van der Waals surface area contributed by atoms with E-state index in [0.717, 1.165) is 33.5 Å². The summed E-state index contributed by atoms with van der Waals surface area (Å²) >= 11 is 5.87. The number of aromatic amines is 1. The van der Waals surface area contributed by atoms with Crippen LogP contribution in [0.2, 0.25) is 0 Å². The molecule has 2 N–H and O–H groups in total. The third kappa shape index (κ3) is 5.70. The zero-order chi connectivity index (χ0) is 25.8. The Balaban J connectivity index is 1.44. The van der Waals surface area contributed by atoms with Crippen LogP contribution < -0.4 is 25.1 Å². The summed E-state index contributed by atoms with van der Waals surface area (Å²) in [6.45, 7) is 5.61. The molecule has 1 aromatic heterocycles. The van der Waals surface area contributed by atoms with Crippen LogP contribution in [0.4, 0.5) is 0 Å². The highest BCUT2D eigenvalue weighted by Crippen LogP contribution is 2.33. The minimum absolute atomic E-state index is 0.00315. The first kappa shape index (κ1) is 24.6. The predicted molar refractivity (Wildman–Crippen MR) is 148 cm³/mol. The Morgan fingerprint density at radius 3 is 2.68 bits per heavy atom. The van der Waals surface area contributed by atoms with E-state index in [4.69, 9.17) is 26.4 Å². The van der Waals surface area contributed by atoms with Crippen LogP contribution in [0.3, 0.4) is 0 Å². The average Bonchev–Trinajstić information content (AvgIpc) is 3.37. The van der Waals surface area contributed by atoms with Crippen molar-refractivity contribution in [1.82, 2.24) is 15.2 Å². The van der Waals surface area contributed by atoms with Crippen molar-refractivity contribution in [2.75, 3.05) is 13.4 Å². The van der Waals surface area contributed by atoms with Gasteiger partial charge >= 0.3 is 0 Å². The molecule has 0 saturated carbocycles. The molecule has 0 fully saturated rings. The van der Waals surface area contributed by atoms with Crippen molar-refractivity contribution < 1.29 is 14.2 Å². The molecule has 4 aromatic rings. The van der Waals surface area contributed by atoms with Crippen LogP contribution in [0.15, 0.2) is 77.6 Å². The molecule has 1 atom stereocenters. The number of fused-ring (bicyclic) bond motifs is 2. The van der Waals surface area contributed by atoms with Crippen LogP contribution in [0.5, 0.6) is 17.2 Å². The molecule has 37 heavy (non-hydrogen) atoms. The van der Waals surface area contributed by atoms with Crippen LogP contribution in [-0.4, -0.2) is 28.4 Å². The van der Waals surface area contributed by atoms with E-state index in [-0.39, 0.29) is 18.4 Å². The maximum absolute atomic E-state index is 13.0. The molecular formula is C29H29N3O4S. The summed E-state index contributed by atoms with van der Waals surface area (Å²) < 4.78 is 16.7. The smallest absolute Gasteiger partial charge is 0.253 e. The summed E-state index contributed by atoms with van der Waals surface area (Å²) in [6, 6.07) is 23.5. The lowest BCUT2D eigenvalue weighted by Crippen LogP contribution is -2.41. The Labute approximate surface area is 221 Å². The van der Waals surface area contributed by atoms with Gasteiger partial charge in [-0.15, -0.1) is 0 Å². The number of pyridine rings is 1. The van der Waals surface area contributed by atoms with Gasteiger partial charge in [0.1, 0.15) is 5.75 Å². The molecule has 0 saturated heterocycles. The molecule has 0 amide bonds. The zero-order valence-electron chi connectivity index (χ0n) is 20.8. The maximum Gasteiger partial charge on any atom is 0.253 e. The second-order valence-corrected chi connectivity index (χ2v) is 9.32. The van der Waals surface area contributed by atoms with E-state index in [1.54, 1.807) is 0 Å². The fourth-order valence-electron chi connectivity index (χ4n) is 4.37. The van der Waals surface area contributed by atoms with E-state index in [1.807, 2.05) is 72.5 Å². The van der Waals surface area contributed by atoms with Crippen molar-refractivity contribution in [2.45, 2.75) is 33.0 Å². The minimum atomic E-state index is -0.147. The highest BCUT2D eigenvalue weighted by atomic mass is 32.1. The van der Waals surface area contributed by atoms with Crippen LogP contribution in [0, 0.1) is 0 Å². The second kappa shape index (κ2) is 10.9. The van der Waals surface area contributed by atoms with E-state index < -0.39 is 0 Å². The molecular weight excluding hydrogens is 486 g/mol. The summed E-state index contributed by atoms with van der Waals surface area (Å²) in [6.07, 6.45) is 0. The van der Waals surface area contributed by atoms with Gasteiger partial charge in [0, 0.05) is 23.0 Å². The first-order valence-corrected chi connectivity index (χ1v) is 12.7. The summed E-state index contributed by atoms with van der Waals surface area (Å²) in [4.78, 5) is 18.0. The molecule has 8 heteroatoms. The van der Waals surface area contributed by atoms with E-state index in [2.05, 4.69) is 29.4 Å². The fraction of sp³-hybridized carbons (Fsp3) is 0.241. The molecule has 0 aliphatic carbocycles. The Bertz CT molecular complexity index is 1470. The number of hydrogen-bond acceptors (Lipinski definition) is 5. The standard InChI is InChI=1S/C29H29N3O4S/c1-3-34-24-10-11-25-22(15-24)14-23(28(33)31-25)17-32(16-20-9-12-26-27(13-20)36-18-35-26)29(37)30-19(2)21-7-5-4-6-8-21/h4-15,19H,3,16-18H2,1-2H3,(H,30,37)(H,31,33)/t19-/m0/s1. The first-order chi connectivity index (χ1) is 18.0. The van der Waals surface area contributed by atoms with Crippen molar-refractivity contribution in [3.05, 3.63) is 99.8 Å². The number of aromatic nitrogens is 1. The molecule has 7 nitrogen and oxygen atoms in total. The molecule has 1 aliphatic heterocycles. The molecule has 0 bridgehead atoms. The molecule has 2 heterocycles. The van der Waals surface area contributed by atoms with E-state index in [9.17, 15) is 4.79 Å². The largest absolute Gasteiger partial charge is 0.494 e. The number of nitrogens with one attached hydrogen (secondary N) is 2. The summed E-state index contributed by atoms with van der Waals surface area (Å²) in [5.74, 6) is 2.20. The SMILES string of the molecule is CCOc1ccc2[nH]c(=O)c(CN(Cc3ccc4c(c3)OCO4)C(=S)N[C@@H](C)c3ccccc3)cc2c1. The lowest BCUT2D eigenvalue weighted by atomic mass is 10.1. The summed E-state index contributed by atoms with van der Waals surface area (Å²) in [5.41, 5.74) is 3.35. The number of hydrogen-bond donors (Lipinski definition) is 2. The van der Waals surface area contributed by atoms with Crippen LogP contribution >= 0.6 is 12.2 Å². The Hall–Kier alpha value is -4.04. The normalized spacial score (nSPS) is 12.8. The third-order valence-corrected chi connectivity index (χ3v) is 6.68. The average molecular weight is 516 g/mol. The van der Waals surface area contributed by atoms with Gasteiger partial charge in [-0.25, -0.2) is 0 Å². The molecule has 1 aliphatic rings. The molecule has 0 radical (unpaired) electrons. The topological polar surface area (TPSA) is 75.8 Å². The van der Waals surface area contributed by atoms with E-state index in [1.165, 1.54) is 0 Å². The monoisotopic (exact) mass is 515 g/mol. The molecule has 190 valence electrons. The number of H-pyrrole nitrogens is 1. The Kier molecular flexibility index (Phi) is 7.28. The highest BCUT2D eigenvalue weighted by Gasteiger charge is 2.19. The first-order valence-electron chi connectivity index (χ1n) is 12.3. The highest BCUT2D eigenvalue weighted by molar-refractivity contribution is 7.80. The Morgan fingerprint density at radius 1 is 1.05 bits per heavy atom. The van der Waals surface area contributed by atoms with Crippen molar-refractivity contribution in [1.29, 1.82) is 0 Å². The van der Waals surface area contributed by atoms with Gasteiger partial charge in [-0.1, -0.05) is 36.4 Å². The lowest BCUT2D eigenvalue weighted by molar-refractivity contribution is 0.174. The number of nitrogens with zero attached hydrogens (tertiary/aromatic N) is 1. The van der Waals surface area contributed by atoms with Gasteiger partial charge in [-0.3, -0.25) is 4.79 Å². The number of thiocarbonyl (C=S) groups is 1. The fourth-order valence-corrected chi connectivity index (χ4v) is 4.68. The van der Waals surface area contributed by atoms with Crippen LogP contribution in [0.1, 0.15) is 36.6 Å². The molecule has 5 rings (SSSR count). The van der Waals surface area contributed by atoms with Crippen LogP contribution in [0.25, 0.3) is 10.9 Å². The van der Waals surface area contributed by atoms with Gasteiger partial charge in [0.05, 0.1) is 19.2 Å². The number of benzene rings is 3. The van der Waals surface area contributed by atoms with Gasteiger partial charge in [0.15, 0.2) is 16.6 Å². The van der Waals surface area contributed by atoms with E-state index in [0.29, 0.717) is 36.1 Å². The third-order valence-electron chi connectivity index (χ3n) is 6.30. The number of ether oxygens (including phenoxy) is 3. The quantitative estimate of drug-likeness (QED) is 0.309. The van der Waals surface area contributed by atoms with Gasteiger partial charge in [0.2, 0.25) is 6.79 Å². The van der Waals surface area contributed by atoms with Crippen molar-refractivity contribution in [3.63, 3.8) is 0 Å². The van der Waals surface area contributed by atoms with Crippen molar-refractivity contribution >= 4 is 28.2 Å². The number of rotatable bonds is 8. The van der Waals surface area contributed by atoms with Crippen LogP contribution in [-0.2, 0) is 13.1 Å². The maximum atomic E-state index is 13.0. The molecule has 3 aromatic carbocycles. The Morgan fingerprint density at radius 2 is 1.86 bits per heavy atom. The van der Waals surface area contributed by atoms with Gasteiger partial charge in [0.25, 0.3) is 5.56 Å². The lowest BCUT2D eigenvalue weighted by Gasteiger charge is -2.28. The summed E-state index contributed by atoms with van der Waals surface area (Å²) in [7, 11) is 0. The van der Waals surface area contributed by atoms with E-state index >= 15 is 0 Å². The summed E-state index contributed by atoms with van der Waals surface area (Å²) in [5, 5.41) is 4.90. The second-order valence-electron chi connectivity index (χ2n) is 8.93. The predicted octanol–water partition coefficient (Wildman–Crippen LogP) is 5.29. The zero-order valence-corrected chi connectivity index (χ0v) is 21.6. The van der Waals surface area contributed by atoms with Gasteiger partial charge in [-0.05, 0) is 73.6 Å².